The van der Waals surface area contributed by atoms with Crippen molar-refractivity contribution in [2.24, 2.45) is 11.7 Å². The van der Waals surface area contributed by atoms with Gasteiger partial charge in [-0.05, 0) is 80.2 Å². The number of nitrogens with one attached hydrogen (secondary N) is 1. The van der Waals surface area contributed by atoms with Crippen LogP contribution in [0.1, 0.15) is 43.0 Å². The summed E-state index contributed by atoms with van der Waals surface area (Å²) in [6, 6.07) is 9.30. The van der Waals surface area contributed by atoms with E-state index in [1.165, 1.54) is 0 Å². The SMILES string of the molecule is C=C(/C=C\C(=C/C)Nc1c(C(=O)C2CC2)cnc2ccc(-c3cc(Cl)c(O)c(Cl)c3)cc12)N1CCC[C@H](N)C1. The smallest absolute Gasteiger partial charge is 0.169 e. The van der Waals surface area contributed by atoms with Crippen LogP contribution in [0, 0.1) is 5.92 Å². The molecule has 3 aromatic rings. The first kappa shape index (κ1) is 27.3. The first-order valence-electron chi connectivity index (χ1n) is 13.2. The lowest BCUT2D eigenvalue weighted by molar-refractivity contribution is 0.0968. The summed E-state index contributed by atoms with van der Waals surface area (Å²) in [6.07, 6.45) is 11.5. The third-order valence-electron chi connectivity index (χ3n) is 7.33. The van der Waals surface area contributed by atoms with Gasteiger partial charge >= 0.3 is 0 Å². The molecule has 202 valence electrons. The third kappa shape index (κ3) is 5.98. The van der Waals surface area contributed by atoms with Gasteiger partial charge in [-0.25, -0.2) is 0 Å². The molecule has 0 unspecified atom stereocenters. The van der Waals surface area contributed by atoms with Crippen molar-refractivity contribution in [2.75, 3.05) is 18.4 Å². The van der Waals surface area contributed by atoms with Gasteiger partial charge in [-0.1, -0.05) is 41.9 Å². The number of ketones is 1. The molecule has 0 amide bonds. The molecule has 1 atom stereocenters. The fraction of sp³-hybridized carbons (Fsp3) is 0.290. The molecule has 2 aliphatic rings. The van der Waals surface area contributed by atoms with E-state index in [9.17, 15) is 9.90 Å². The molecule has 5 rings (SSSR count). The molecule has 1 aliphatic heterocycles. The van der Waals surface area contributed by atoms with Crippen molar-refractivity contribution >= 4 is 45.6 Å². The second kappa shape index (κ2) is 11.4. The molecule has 2 fully saturated rings. The fourth-order valence-electron chi connectivity index (χ4n) is 4.91. The second-order valence-electron chi connectivity index (χ2n) is 10.2. The number of allylic oxidation sites excluding steroid dienone is 3. The Hall–Kier alpha value is -3.32. The van der Waals surface area contributed by atoms with Gasteiger partial charge < -0.3 is 21.1 Å². The number of carbonyl (C=O) groups is 1. The monoisotopic (exact) mass is 562 g/mol. The predicted molar refractivity (Wildman–Crippen MR) is 160 cm³/mol. The number of Topliss-reactive ketones (excluding diaryl/α,β-unsaturated/α-hetero) is 1. The molecule has 6 nitrogen and oxygen atoms in total. The number of hydrogen-bond donors (Lipinski definition) is 3. The van der Waals surface area contributed by atoms with Crippen LogP contribution in [0.5, 0.6) is 5.75 Å². The van der Waals surface area contributed by atoms with Gasteiger partial charge in [-0.15, -0.1) is 0 Å². The van der Waals surface area contributed by atoms with E-state index in [0.29, 0.717) is 11.3 Å². The van der Waals surface area contributed by atoms with Crippen LogP contribution in [0.15, 0.2) is 72.7 Å². The van der Waals surface area contributed by atoms with Crippen LogP contribution in [0.2, 0.25) is 10.0 Å². The maximum absolute atomic E-state index is 13.3. The largest absolute Gasteiger partial charge is 0.505 e. The van der Waals surface area contributed by atoms with E-state index >= 15 is 0 Å². The fourth-order valence-corrected chi connectivity index (χ4v) is 5.39. The first-order valence-corrected chi connectivity index (χ1v) is 14.0. The van der Waals surface area contributed by atoms with Crippen LogP contribution in [0.4, 0.5) is 5.69 Å². The minimum absolute atomic E-state index is 0.0374. The number of nitrogens with two attached hydrogens (primary N) is 1. The summed E-state index contributed by atoms with van der Waals surface area (Å²) in [6.45, 7) is 7.93. The summed E-state index contributed by atoms with van der Waals surface area (Å²) in [5.41, 5.74) is 11.5. The topological polar surface area (TPSA) is 91.5 Å². The zero-order valence-electron chi connectivity index (χ0n) is 21.9. The van der Waals surface area contributed by atoms with Gasteiger partial charge in [-0.3, -0.25) is 9.78 Å². The Morgan fingerprint density at radius 1 is 1.15 bits per heavy atom. The highest BCUT2D eigenvalue weighted by atomic mass is 35.5. The zero-order valence-corrected chi connectivity index (χ0v) is 23.4. The highest BCUT2D eigenvalue weighted by Crippen LogP contribution is 2.40. The van der Waals surface area contributed by atoms with E-state index in [1.807, 2.05) is 43.4 Å². The average Bonchev–Trinajstić information content (AvgIpc) is 3.78. The van der Waals surface area contributed by atoms with Gasteiger partial charge in [0.05, 0.1) is 26.8 Å². The summed E-state index contributed by atoms with van der Waals surface area (Å²) in [5.74, 6) is -0.0172. The maximum atomic E-state index is 13.3. The molecule has 1 saturated carbocycles. The lowest BCUT2D eigenvalue weighted by Gasteiger charge is -2.32. The molecule has 1 saturated heterocycles. The molecule has 8 heteroatoms. The number of halogens is 2. The van der Waals surface area contributed by atoms with Crippen LogP contribution in [-0.4, -0.2) is 39.9 Å². The Morgan fingerprint density at radius 3 is 2.56 bits per heavy atom. The van der Waals surface area contributed by atoms with Crippen LogP contribution >= 0.6 is 23.2 Å². The molecular formula is C31H32Cl2N4O2. The molecule has 2 heterocycles. The van der Waals surface area contributed by atoms with E-state index in [1.54, 1.807) is 18.3 Å². The van der Waals surface area contributed by atoms with E-state index in [2.05, 4.69) is 21.8 Å². The van der Waals surface area contributed by atoms with Crippen molar-refractivity contribution in [1.29, 1.82) is 0 Å². The highest BCUT2D eigenvalue weighted by Gasteiger charge is 2.32. The zero-order chi connectivity index (χ0) is 27.7. The van der Waals surface area contributed by atoms with E-state index in [0.717, 1.165) is 72.2 Å². The van der Waals surface area contributed by atoms with Crippen LogP contribution in [0.3, 0.4) is 0 Å². The summed E-state index contributed by atoms with van der Waals surface area (Å²) in [5, 5.41) is 14.7. The predicted octanol–water partition coefficient (Wildman–Crippen LogP) is 7.32. The second-order valence-corrected chi connectivity index (χ2v) is 11.1. The molecule has 1 aromatic heterocycles. The van der Waals surface area contributed by atoms with Crippen molar-refractivity contribution in [1.82, 2.24) is 9.88 Å². The number of benzene rings is 2. The Bertz CT molecular complexity index is 1490. The lowest BCUT2D eigenvalue weighted by Crippen LogP contribution is -2.41. The minimum Gasteiger partial charge on any atom is -0.505 e. The molecule has 0 spiro atoms. The Kier molecular flexibility index (Phi) is 7.98. The number of phenols is 1. The van der Waals surface area contributed by atoms with Gasteiger partial charge in [-0.2, -0.15) is 0 Å². The first-order chi connectivity index (χ1) is 18.7. The number of hydrogen-bond acceptors (Lipinski definition) is 6. The third-order valence-corrected chi connectivity index (χ3v) is 7.91. The minimum atomic E-state index is -0.151. The Morgan fingerprint density at radius 2 is 1.90 bits per heavy atom. The Labute approximate surface area is 238 Å². The lowest BCUT2D eigenvalue weighted by atomic mass is 9.98. The molecule has 1 aliphatic carbocycles. The number of fused-ring (bicyclic) bond motifs is 1. The molecule has 4 N–H and O–H groups in total. The molecular weight excluding hydrogens is 531 g/mol. The summed E-state index contributed by atoms with van der Waals surface area (Å²) < 4.78 is 0. The number of rotatable bonds is 8. The molecule has 0 radical (unpaired) electrons. The maximum Gasteiger partial charge on any atom is 0.169 e. The van der Waals surface area contributed by atoms with Gasteiger partial charge in [0, 0.05) is 48.0 Å². The molecule has 2 aromatic carbocycles. The number of piperidine rings is 1. The van der Waals surface area contributed by atoms with E-state index in [4.69, 9.17) is 28.9 Å². The van der Waals surface area contributed by atoms with E-state index in [-0.39, 0.29) is 33.5 Å². The van der Waals surface area contributed by atoms with Gasteiger partial charge in [0.1, 0.15) is 0 Å². The van der Waals surface area contributed by atoms with Crippen molar-refractivity contribution in [3.05, 3.63) is 88.3 Å². The number of carbonyl (C=O) groups excluding carboxylic acids is 1. The summed E-state index contributed by atoms with van der Waals surface area (Å²) in [7, 11) is 0. The quantitative estimate of drug-likeness (QED) is 0.197. The number of anilines is 1. The summed E-state index contributed by atoms with van der Waals surface area (Å²) in [4.78, 5) is 20.1. The van der Waals surface area contributed by atoms with Crippen LogP contribution in [-0.2, 0) is 0 Å². The number of phenolic OH excluding ortho intramolecular Hbond substituents is 1. The van der Waals surface area contributed by atoms with Crippen molar-refractivity contribution in [3.8, 4) is 16.9 Å². The standard InChI is InChI=1S/C31H32Cl2N4O2/c1-3-23(10-6-18(2)37-12-4-5-22(34)17-37)36-29-24-13-20(21-14-26(32)31(39)27(33)15-21)9-11-28(24)35-16-25(29)30(38)19-7-8-19/h3,6,9-11,13-16,19,22,39H,2,4-5,7-8,12,17,34H2,1H3,(H,35,36)/b10-6-,23-3+/t22-/m0/s1. The number of aromatic hydroxyl groups is 1. The van der Waals surface area contributed by atoms with Gasteiger partial charge in [0.15, 0.2) is 11.5 Å². The number of likely N-dealkylation sites (tertiary alicyclic amines) is 1. The van der Waals surface area contributed by atoms with Crippen molar-refractivity contribution < 1.29 is 9.90 Å². The van der Waals surface area contributed by atoms with Gasteiger partial charge in [0.2, 0.25) is 0 Å². The van der Waals surface area contributed by atoms with Crippen LogP contribution < -0.4 is 11.1 Å². The number of pyridine rings is 1. The highest BCUT2D eigenvalue weighted by molar-refractivity contribution is 6.37. The van der Waals surface area contributed by atoms with Crippen molar-refractivity contribution in [3.63, 3.8) is 0 Å². The average molecular weight is 564 g/mol. The molecule has 0 bridgehead atoms. The number of aromatic nitrogens is 1. The molecule has 39 heavy (non-hydrogen) atoms. The Balaban J connectivity index is 1.53. The summed E-state index contributed by atoms with van der Waals surface area (Å²) >= 11 is 12.4. The van der Waals surface area contributed by atoms with E-state index < -0.39 is 0 Å². The normalized spacial score (nSPS) is 18.1. The van der Waals surface area contributed by atoms with Gasteiger partial charge in [0.25, 0.3) is 0 Å². The number of nitrogens with zero attached hydrogens (tertiary/aromatic N) is 2. The van der Waals surface area contributed by atoms with Crippen molar-refractivity contribution in [2.45, 2.75) is 38.6 Å². The van der Waals surface area contributed by atoms with Crippen LogP contribution in [0.25, 0.3) is 22.0 Å².